The van der Waals surface area contributed by atoms with Gasteiger partial charge in [-0.25, -0.2) is 4.79 Å². The van der Waals surface area contributed by atoms with Gasteiger partial charge in [0, 0.05) is 12.8 Å². The molecule has 0 aromatic carbocycles. The fourth-order valence-electron chi connectivity index (χ4n) is 11.1. The van der Waals surface area contributed by atoms with Crippen molar-refractivity contribution >= 4 is 17.9 Å². The SMILES string of the molecule is CCCCCCC/C=C\C/C=C\CCCCCCCCCCCCCCCCCCCCCCCCCCCC(=O)OC(COC(=O)CCCCCCCCCCCCCCCCCCCCCCC)COC(OCC[N+](C)(C)C)C(=O)O. The largest absolute Gasteiger partial charge is 0.477 e. The highest BCUT2D eigenvalue weighted by atomic mass is 16.7. The summed E-state index contributed by atoms with van der Waals surface area (Å²) in [6.07, 6.45) is 78.8. The molecule has 1 N–H and O–H groups in total. The van der Waals surface area contributed by atoms with Crippen LogP contribution in [0, 0.1) is 0 Å². The van der Waals surface area contributed by atoms with Crippen LogP contribution in [0.4, 0.5) is 0 Å². The number of allylic oxidation sites excluding steroid dienone is 4. The van der Waals surface area contributed by atoms with E-state index in [4.69, 9.17) is 18.9 Å². The second-order valence-corrected chi connectivity index (χ2v) is 26.3. The van der Waals surface area contributed by atoms with Gasteiger partial charge in [-0.3, -0.25) is 9.59 Å². The molecule has 0 saturated carbocycles. The molecule has 9 nitrogen and oxygen atoms in total. The second kappa shape index (κ2) is 65.7. The Morgan fingerprint density at radius 2 is 0.651 bits per heavy atom. The minimum Gasteiger partial charge on any atom is -0.477 e. The van der Waals surface area contributed by atoms with Gasteiger partial charge in [0.15, 0.2) is 6.10 Å². The number of hydrogen-bond donors (Lipinski definition) is 1. The first-order chi connectivity index (χ1) is 40.6. The third-order valence-corrected chi connectivity index (χ3v) is 16.7. The third-order valence-electron chi connectivity index (χ3n) is 16.7. The maximum Gasteiger partial charge on any atom is 0.361 e. The van der Waals surface area contributed by atoms with Crippen molar-refractivity contribution in [1.29, 1.82) is 0 Å². The van der Waals surface area contributed by atoms with Crippen LogP contribution in [0.1, 0.15) is 373 Å². The number of likely N-dealkylation sites (N-methyl/N-ethyl adjacent to an activating group) is 1. The summed E-state index contributed by atoms with van der Waals surface area (Å²) in [7, 11) is 5.99. The van der Waals surface area contributed by atoms with Crippen molar-refractivity contribution in [3.8, 4) is 0 Å². The standard InChI is InChI=1S/C74H141NO8/c1-6-8-10-12-14-16-18-20-22-24-26-28-29-30-31-32-33-34-35-36-37-38-39-40-41-42-43-45-47-49-51-53-55-57-59-61-63-65-72(77)83-70(69-82-74(73(78)79)80-67-66-75(3,4)5)68-81-71(76)64-62-60-58-56-54-52-50-48-46-44-27-25-23-21-19-17-15-13-11-9-7-2/h18,20,24,26,70,74H,6-17,19,21-23,25,27-69H2,1-5H3/p+1/b20-18-,26-24-. The van der Waals surface area contributed by atoms with Crippen LogP contribution < -0.4 is 0 Å². The van der Waals surface area contributed by atoms with Gasteiger partial charge in [-0.15, -0.1) is 0 Å². The van der Waals surface area contributed by atoms with Gasteiger partial charge in [-0.2, -0.15) is 0 Å². The first-order valence-electron chi connectivity index (χ1n) is 36.5. The van der Waals surface area contributed by atoms with Crippen molar-refractivity contribution in [3.05, 3.63) is 24.3 Å². The molecular weight excluding hydrogens is 1030 g/mol. The number of ether oxygens (including phenoxy) is 4. The smallest absolute Gasteiger partial charge is 0.361 e. The Kier molecular flexibility index (Phi) is 64.0. The maximum absolute atomic E-state index is 12.9. The van der Waals surface area contributed by atoms with Crippen molar-refractivity contribution in [3.63, 3.8) is 0 Å². The van der Waals surface area contributed by atoms with E-state index in [-0.39, 0.29) is 38.2 Å². The lowest BCUT2D eigenvalue weighted by molar-refractivity contribution is -0.870. The molecule has 0 heterocycles. The summed E-state index contributed by atoms with van der Waals surface area (Å²) in [6.45, 7) is 4.95. The minimum atomic E-state index is -1.51. The first kappa shape index (κ1) is 80.8. The number of hydrogen-bond acceptors (Lipinski definition) is 7. The maximum atomic E-state index is 12.9. The molecule has 0 radical (unpaired) electrons. The molecule has 0 aliphatic carbocycles. The zero-order valence-electron chi connectivity index (χ0n) is 56.1. The van der Waals surface area contributed by atoms with Gasteiger partial charge in [-0.05, 0) is 44.9 Å². The quantitative estimate of drug-likeness (QED) is 0.0211. The zero-order chi connectivity index (χ0) is 60.5. The summed E-state index contributed by atoms with van der Waals surface area (Å²) in [4.78, 5) is 37.6. The van der Waals surface area contributed by atoms with Crippen molar-refractivity contribution in [2.24, 2.45) is 0 Å². The Morgan fingerprint density at radius 1 is 0.361 bits per heavy atom. The second-order valence-electron chi connectivity index (χ2n) is 26.3. The average molecular weight is 1170 g/mol. The van der Waals surface area contributed by atoms with Crippen LogP contribution in [0.3, 0.4) is 0 Å². The van der Waals surface area contributed by atoms with Crippen LogP contribution in [0.25, 0.3) is 0 Å². The van der Waals surface area contributed by atoms with Gasteiger partial charge in [0.25, 0.3) is 6.29 Å². The number of carboxylic acid groups (broad SMARTS) is 1. The Labute approximate surface area is 516 Å². The number of esters is 2. The van der Waals surface area contributed by atoms with Crippen molar-refractivity contribution < 1.29 is 42.9 Å². The summed E-state index contributed by atoms with van der Waals surface area (Å²) in [5.41, 5.74) is 0. The fourth-order valence-corrected chi connectivity index (χ4v) is 11.1. The summed E-state index contributed by atoms with van der Waals surface area (Å²) < 4.78 is 23.0. The number of aliphatic carboxylic acids is 1. The summed E-state index contributed by atoms with van der Waals surface area (Å²) in [5, 5.41) is 9.74. The molecule has 0 fully saturated rings. The molecule has 0 bridgehead atoms. The van der Waals surface area contributed by atoms with E-state index in [1.165, 1.54) is 302 Å². The fraction of sp³-hybridized carbons (Fsp3) is 0.905. The van der Waals surface area contributed by atoms with E-state index in [9.17, 15) is 19.5 Å². The highest BCUT2D eigenvalue weighted by Crippen LogP contribution is 2.19. The topological polar surface area (TPSA) is 108 Å². The van der Waals surface area contributed by atoms with E-state index in [0.717, 1.165) is 44.9 Å². The van der Waals surface area contributed by atoms with Gasteiger partial charge in [0.2, 0.25) is 0 Å². The monoisotopic (exact) mass is 1170 g/mol. The molecule has 0 amide bonds. The molecule has 0 aliphatic heterocycles. The highest BCUT2D eigenvalue weighted by Gasteiger charge is 2.25. The number of quaternary nitrogens is 1. The van der Waals surface area contributed by atoms with Crippen LogP contribution in [0.15, 0.2) is 24.3 Å². The highest BCUT2D eigenvalue weighted by molar-refractivity contribution is 5.71. The van der Waals surface area contributed by atoms with E-state index in [2.05, 4.69) is 38.2 Å². The Hall–Kier alpha value is -2.23. The molecule has 0 aromatic rings. The number of carboxylic acids is 1. The summed E-state index contributed by atoms with van der Waals surface area (Å²) >= 11 is 0. The molecule has 0 aromatic heterocycles. The van der Waals surface area contributed by atoms with Crippen LogP contribution in [0.5, 0.6) is 0 Å². The number of nitrogens with zero attached hydrogens (tertiary/aromatic N) is 1. The van der Waals surface area contributed by atoms with Gasteiger partial charge in [-0.1, -0.05) is 340 Å². The lowest BCUT2D eigenvalue weighted by atomic mass is 10.0. The van der Waals surface area contributed by atoms with Gasteiger partial charge >= 0.3 is 17.9 Å². The molecule has 83 heavy (non-hydrogen) atoms. The molecule has 490 valence electrons. The Balaban J connectivity index is 3.97. The molecule has 0 spiro atoms. The average Bonchev–Trinajstić information content (AvgIpc) is 3.46. The van der Waals surface area contributed by atoms with Crippen molar-refractivity contribution in [2.45, 2.75) is 386 Å². The molecule has 0 aliphatic rings. The summed E-state index contributed by atoms with van der Waals surface area (Å²) in [5.74, 6) is -1.97. The van der Waals surface area contributed by atoms with Crippen LogP contribution >= 0.6 is 0 Å². The summed E-state index contributed by atoms with van der Waals surface area (Å²) in [6, 6.07) is 0. The molecule has 0 rings (SSSR count). The predicted octanol–water partition coefficient (Wildman–Crippen LogP) is 22.6. The van der Waals surface area contributed by atoms with Crippen LogP contribution in [-0.4, -0.2) is 87.4 Å². The predicted molar refractivity (Wildman–Crippen MR) is 355 cm³/mol. The molecular formula is C74H142NO8+. The van der Waals surface area contributed by atoms with E-state index < -0.39 is 18.4 Å². The van der Waals surface area contributed by atoms with E-state index >= 15 is 0 Å². The van der Waals surface area contributed by atoms with Gasteiger partial charge in [0.1, 0.15) is 13.2 Å². The van der Waals surface area contributed by atoms with E-state index in [0.29, 0.717) is 17.4 Å². The van der Waals surface area contributed by atoms with Crippen molar-refractivity contribution in [2.75, 3.05) is 47.5 Å². The van der Waals surface area contributed by atoms with Gasteiger partial charge in [0.05, 0.1) is 34.4 Å². The number of carbonyl (C=O) groups is 3. The number of carbonyl (C=O) groups excluding carboxylic acids is 2. The minimum absolute atomic E-state index is 0.174. The Morgan fingerprint density at radius 3 is 0.952 bits per heavy atom. The lowest BCUT2D eigenvalue weighted by Crippen LogP contribution is -2.40. The van der Waals surface area contributed by atoms with Crippen molar-refractivity contribution in [1.82, 2.24) is 0 Å². The molecule has 0 saturated heterocycles. The lowest BCUT2D eigenvalue weighted by Gasteiger charge is -2.25. The molecule has 2 atom stereocenters. The normalized spacial score (nSPS) is 12.7. The van der Waals surface area contributed by atoms with Crippen LogP contribution in [0.2, 0.25) is 0 Å². The molecule has 2 unspecified atom stereocenters. The van der Waals surface area contributed by atoms with E-state index in [1.807, 2.05) is 21.1 Å². The van der Waals surface area contributed by atoms with E-state index in [1.54, 1.807) is 0 Å². The van der Waals surface area contributed by atoms with Gasteiger partial charge < -0.3 is 28.5 Å². The number of rotatable bonds is 69. The third kappa shape index (κ3) is 67.1. The zero-order valence-corrected chi connectivity index (χ0v) is 56.1. The Bertz CT molecular complexity index is 1410. The van der Waals surface area contributed by atoms with Crippen LogP contribution in [-0.2, 0) is 33.3 Å². The first-order valence-corrected chi connectivity index (χ1v) is 36.5. The number of unbranched alkanes of at least 4 members (excludes halogenated alkanes) is 50. The molecule has 9 heteroatoms.